The Morgan fingerprint density at radius 2 is 2.25 bits per heavy atom. The second kappa shape index (κ2) is 2.71. The Bertz CT molecular complexity index is 338. The minimum atomic E-state index is -0.695. The molecule has 2 N–H and O–H groups in total. The first-order valence-electron chi connectivity index (χ1n) is 3.62. The first-order valence-corrected chi connectivity index (χ1v) is 3.62. The summed E-state index contributed by atoms with van der Waals surface area (Å²) in [4.78, 5) is 0. The molecule has 0 spiro atoms. The average Bonchev–Trinajstić information content (AvgIpc) is 2.10. The van der Waals surface area contributed by atoms with E-state index in [1.54, 1.807) is 19.1 Å². The van der Waals surface area contributed by atoms with Gasteiger partial charge in [0.2, 0.25) is 0 Å². The Morgan fingerprint density at radius 3 is 2.75 bits per heavy atom. The molecule has 12 heavy (non-hydrogen) atoms. The van der Waals surface area contributed by atoms with E-state index in [9.17, 15) is 0 Å². The summed E-state index contributed by atoms with van der Waals surface area (Å²) in [5.74, 6) is 0. The maximum Gasteiger partial charge on any atom is 0.101 e. The zero-order valence-electron chi connectivity index (χ0n) is 6.83. The largest absolute Gasteiger partial charge is 0.400 e. The Kier molecular flexibility index (Phi) is 1.89. The van der Waals surface area contributed by atoms with Crippen LogP contribution in [0.4, 0.5) is 0 Å². The summed E-state index contributed by atoms with van der Waals surface area (Å²) in [5, 5.41) is 17.5. The highest BCUT2D eigenvalue weighted by molar-refractivity contribution is 5.44. The molecule has 0 bridgehead atoms. The van der Waals surface area contributed by atoms with Gasteiger partial charge in [0.05, 0.1) is 17.1 Å². The Labute approximate surface area is 71.4 Å². The maximum atomic E-state index is 8.83. The van der Waals surface area contributed by atoms with E-state index in [0.29, 0.717) is 17.7 Å². The molecule has 3 nitrogen and oxygen atoms in total. The van der Waals surface area contributed by atoms with E-state index in [0.717, 1.165) is 0 Å². The quantitative estimate of drug-likeness (QED) is 0.577. The van der Waals surface area contributed by atoms with Gasteiger partial charge in [0.1, 0.15) is 6.07 Å². The number of rotatable bonds is 0. The summed E-state index contributed by atoms with van der Waals surface area (Å²) in [6, 6.07) is 4.07. The Balaban J connectivity index is 3.20. The molecule has 0 aromatic rings. The van der Waals surface area contributed by atoms with Crippen LogP contribution in [0.15, 0.2) is 23.4 Å². The van der Waals surface area contributed by atoms with E-state index in [-0.39, 0.29) is 0 Å². The third kappa shape index (κ3) is 1.06. The van der Waals surface area contributed by atoms with Crippen molar-refractivity contribution in [3.05, 3.63) is 23.4 Å². The van der Waals surface area contributed by atoms with Crippen molar-refractivity contribution in [1.82, 2.24) is 0 Å². The van der Waals surface area contributed by atoms with E-state index in [2.05, 4.69) is 6.07 Å². The molecule has 0 heterocycles. The van der Waals surface area contributed by atoms with Gasteiger partial charge in [-0.25, -0.2) is 0 Å². The van der Waals surface area contributed by atoms with Crippen molar-refractivity contribution in [3.8, 4) is 12.1 Å². The van der Waals surface area contributed by atoms with E-state index >= 15 is 0 Å². The number of nitrogens with zero attached hydrogens (tertiary/aromatic N) is 2. The maximum absolute atomic E-state index is 8.83. The SMILES string of the molecule is CC1(C#N)CC=CC(C#N)=C1N. The van der Waals surface area contributed by atoms with E-state index < -0.39 is 5.41 Å². The molecule has 0 saturated heterocycles. The Hall–Kier alpha value is -1.74. The van der Waals surface area contributed by atoms with Crippen LogP contribution in [0.5, 0.6) is 0 Å². The minimum absolute atomic E-state index is 0.384. The fourth-order valence-corrected chi connectivity index (χ4v) is 1.11. The Morgan fingerprint density at radius 1 is 1.58 bits per heavy atom. The highest BCUT2D eigenvalue weighted by Gasteiger charge is 2.30. The number of hydrogen-bond acceptors (Lipinski definition) is 3. The van der Waals surface area contributed by atoms with Gasteiger partial charge in [-0.05, 0) is 19.4 Å². The predicted octanol–water partition coefficient (Wildman–Crippen LogP) is 1.21. The second-order valence-electron chi connectivity index (χ2n) is 2.99. The van der Waals surface area contributed by atoms with Gasteiger partial charge < -0.3 is 5.73 Å². The first-order chi connectivity index (χ1) is 5.64. The zero-order chi connectivity index (χ0) is 9.19. The molecule has 0 fully saturated rings. The molecule has 0 aromatic carbocycles. The minimum Gasteiger partial charge on any atom is -0.400 e. The molecule has 0 amide bonds. The lowest BCUT2D eigenvalue weighted by Gasteiger charge is -2.23. The van der Waals surface area contributed by atoms with Crippen LogP contribution in [0.2, 0.25) is 0 Å². The first kappa shape index (κ1) is 8.36. The van der Waals surface area contributed by atoms with Crippen molar-refractivity contribution in [3.63, 3.8) is 0 Å². The summed E-state index contributed by atoms with van der Waals surface area (Å²) in [5.41, 5.74) is 5.76. The van der Waals surface area contributed by atoms with Crippen molar-refractivity contribution in [2.75, 3.05) is 0 Å². The molecule has 3 heteroatoms. The standard InChI is InChI=1S/C9H9N3/c1-9(6-11)4-2-3-7(5-10)8(9)12/h2-3H,4,12H2,1H3. The van der Waals surface area contributed by atoms with Crippen LogP contribution in [-0.4, -0.2) is 0 Å². The van der Waals surface area contributed by atoms with Crippen LogP contribution in [0.1, 0.15) is 13.3 Å². The van der Waals surface area contributed by atoms with Crippen LogP contribution in [0.25, 0.3) is 0 Å². The highest BCUT2D eigenvalue weighted by atomic mass is 14.7. The molecule has 1 aliphatic rings. The van der Waals surface area contributed by atoms with Gasteiger partial charge in [-0.15, -0.1) is 0 Å². The predicted molar refractivity (Wildman–Crippen MR) is 44.3 cm³/mol. The summed E-state index contributed by atoms with van der Waals surface area (Å²) in [7, 11) is 0. The molecule has 1 atom stereocenters. The van der Waals surface area contributed by atoms with Crippen molar-refractivity contribution in [1.29, 1.82) is 10.5 Å². The molecule has 1 unspecified atom stereocenters. The fraction of sp³-hybridized carbons (Fsp3) is 0.333. The van der Waals surface area contributed by atoms with Crippen molar-refractivity contribution in [2.24, 2.45) is 11.1 Å². The lowest BCUT2D eigenvalue weighted by Crippen LogP contribution is -2.25. The molecule has 1 rings (SSSR count). The second-order valence-corrected chi connectivity index (χ2v) is 2.99. The van der Waals surface area contributed by atoms with Gasteiger partial charge >= 0.3 is 0 Å². The van der Waals surface area contributed by atoms with Crippen LogP contribution in [-0.2, 0) is 0 Å². The van der Waals surface area contributed by atoms with Gasteiger partial charge in [0.15, 0.2) is 0 Å². The molecule has 0 radical (unpaired) electrons. The van der Waals surface area contributed by atoms with Gasteiger partial charge in [-0.1, -0.05) is 6.08 Å². The number of hydrogen-bond donors (Lipinski definition) is 1. The smallest absolute Gasteiger partial charge is 0.101 e. The summed E-state index contributed by atoms with van der Waals surface area (Å²) < 4.78 is 0. The normalized spacial score (nSPS) is 27.9. The number of nitriles is 2. The molecule has 0 aromatic heterocycles. The fourth-order valence-electron chi connectivity index (χ4n) is 1.11. The molecule has 1 aliphatic carbocycles. The third-order valence-electron chi connectivity index (χ3n) is 2.06. The van der Waals surface area contributed by atoms with Gasteiger partial charge in [-0.2, -0.15) is 10.5 Å². The molecular formula is C9H9N3. The summed E-state index contributed by atoms with van der Waals surface area (Å²) >= 11 is 0. The van der Waals surface area contributed by atoms with Crippen LogP contribution in [0.3, 0.4) is 0 Å². The highest BCUT2D eigenvalue weighted by Crippen LogP contribution is 2.32. The molecule has 0 aliphatic heterocycles. The van der Waals surface area contributed by atoms with Gasteiger partial charge in [-0.3, -0.25) is 0 Å². The average molecular weight is 159 g/mol. The lowest BCUT2D eigenvalue weighted by molar-refractivity contribution is 0.522. The summed E-state index contributed by atoms with van der Waals surface area (Å²) in [6.45, 7) is 1.74. The van der Waals surface area contributed by atoms with Crippen molar-refractivity contribution in [2.45, 2.75) is 13.3 Å². The van der Waals surface area contributed by atoms with E-state index in [1.807, 2.05) is 6.07 Å². The van der Waals surface area contributed by atoms with Gasteiger partial charge in [0.25, 0.3) is 0 Å². The zero-order valence-corrected chi connectivity index (χ0v) is 6.83. The van der Waals surface area contributed by atoms with Crippen molar-refractivity contribution >= 4 is 0 Å². The third-order valence-corrected chi connectivity index (χ3v) is 2.06. The van der Waals surface area contributed by atoms with Crippen LogP contribution >= 0.6 is 0 Å². The number of nitrogens with two attached hydrogens (primary N) is 1. The van der Waals surface area contributed by atoms with Crippen LogP contribution < -0.4 is 5.73 Å². The van der Waals surface area contributed by atoms with E-state index in [1.165, 1.54) is 0 Å². The van der Waals surface area contributed by atoms with Gasteiger partial charge in [0, 0.05) is 5.70 Å². The lowest BCUT2D eigenvalue weighted by atomic mass is 9.80. The monoisotopic (exact) mass is 159 g/mol. The topological polar surface area (TPSA) is 73.6 Å². The summed E-state index contributed by atoms with van der Waals surface area (Å²) in [6.07, 6.45) is 4.05. The van der Waals surface area contributed by atoms with Crippen molar-refractivity contribution < 1.29 is 0 Å². The molecule has 60 valence electrons. The molecular weight excluding hydrogens is 150 g/mol. The molecule has 0 saturated carbocycles. The number of allylic oxidation sites excluding steroid dienone is 4. The van der Waals surface area contributed by atoms with E-state index in [4.69, 9.17) is 16.3 Å². The van der Waals surface area contributed by atoms with Crippen LogP contribution in [0, 0.1) is 28.1 Å².